The van der Waals surface area contributed by atoms with Crippen molar-refractivity contribution in [2.24, 2.45) is 0 Å². The summed E-state index contributed by atoms with van der Waals surface area (Å²) in [6, 6.07) is 0. The highest BCUT2D eigenvalue weighted by Crippen LogP contribution is 2.19. The number of hydrogen-bond donors (Lipinski definition) is 0. The predicted octanol–water partition coefficient (Wildman–Crippen LogP) is 2.36. The first-order valence-electron chi connectivity index (χ1n) is 2.51. The van der Waals surface area contributed by atoms with Crippen LogP contribution in [0.1, 0.15) is 6.42 Å². The molecule has 1 aliphatic heterocycles. The van der Waals surface area contributed by atoms with Gasteiger partial charge in [0.1, 0.15) is 2.06 Å². The Labute approximate surface area is 76.8 Å². The third-order valence-corrected chi connectivity index (χ3v) is 2.53. The zero-order valence-corrected chi connectivity index (χ0v) is 8.66. The molecule has 8 heavy (non-hydrogen) atoms. The molecule has 0 atom stereocenters. The van der Waals surface area contributed by atoms with Gasteiger partial charge in [0.05, 0.1) is 0 Å². The first kappa shape index (κ1) is 7.11. The molecule has 0 aromatic heterocycles. The van der Waals surface area contributed by atoms with Crippen molar-refractivity contribution in [3.63, 3.8) is 0 Å². The van der Waals surface area contributed by atoms with Gasteiger partial charge in [0.15, 0.2) is 0 Å². The maximum atomic E-state index is 2.41. The molecular formula is C5H7I2N. The maximum absolute atomic E-state index is 2.41. The lowest BCUT2D eigenvalue weighted by molar-refractivity contribution is 0.475. The van der Waals surface area contributed by atoms with Crippen molar-refractivity contribution < 1.29 is 0 Å². The van der Waals surface area contributed by atoms with Crippen LogP contribution >= 0.6 is 45.2 Å². The lowest BCUT2D eigenvalue weighted by Gasteiger charge is -2.15. The summed E-state index contributed by atoms with van der Waals surface area (Å²) in [5, 5.41) is 0. The van der Waals surface area contributed by atoms with Crippen LogP contribution in [0.5, 0.6) is 0 Å². The molecular weight excluding hydrogens is 328 g/mol. The van der Waals surface area contributed by atoms with E-state index in [2.05, 4.69) is 62.4 Å². The molecule has 0 N–H and O–H groups in total. The van der Waals surface area contributed by atoms with E-state index in [0.717, 1.165) is 0 Å². The van der Waals surface area contributed by atoms with Crippen LogP contribution in [0.4, 0.5) is 0 Å². The summed E-state index contributed by atoms with van der Waals surface area (Å²) in [5.41, 5.74) is 0. The van der Waals surface area contributed by atoms with Crippen LogP contribution in [0.3, 0.4) is 0 Å². The molecule has 46 valence electrons. The van der Waals surface area contributed by atoms with Crippen molar-refractivity contribution in [3.05, 3.63) is 12.3 Å². The van der Waals surface area contributed by atoms with Gasteiger partial charge in [-0.3, -0.25) is 0 Å². The lowest BCUT2D eigenvalue weighted by Crippen LogP contribution is -2.17. The van der Waals surface area contributed by atoms with Crippen molar-refractivity contribution >= 4 is 45.2 Å². The molecule has 1 nitrogen and oxygen atoms in total. The Balaban J connectivity index is 2.36. The molecule has 0 saturated heterocycles. The smallest absolute Gasteiger partial charge is 0.132 e. The average molecular weight is 335 g/mol. The monoisotopic (exact) mass is 335 g/mol. The minimum absolute atomic E-state index is 0.629. The fourth-order valence-electron chi connectivity index (χ4n) is 0.671. The van der Waals surface area contributed by atoms with Gasteiger partial charge in [-0.1, -0.05) is 6.08 Å². The third kappa shape index (κ3) is 1.75. The minimum atomic E-state index is 0.629. The largest absolute Gasteiger partial charge is 0.358 e. The fourth-order valence-corrected chi connectivity index (χ4v) is 1.60. The van der Waals surface area contributed by atoms with Gasteiger partial charge < -0.3 is 4.90 Å². The standard InChI is InChI=1S/C5H7I2N/c6-5(7)8-3-1-2-4-8/h1,3,5H,2,4H2. The van der Waals surface area contributed by atoms with E-state index < -0.39 is 0 Å². The quantitative estimate of drug-likeness (QED) is 0.404. The highest BCUT2D eigenvalue weighted by Gasteiger charge is 2.08. The van der Waals surface area contributed by atoms with Gasteiger partial charge in [0.2, 0.25) is 0 Å². The number of alkyl halides is 2. The zero-order valence-electron chi connectivity index (χ0n) is 4.35. The Morgan fingerprint density at radius 2 is 2.25 bits per heavy atom. The highest BCUT2D eigenvalue weighted by atomic mass is 127. The molecule has 0 bridgehead atoms. The molecule has 0 spiro atoms. The summed E-state index contributed by atoms with van der Waals surface area (Å²) in [7, 11) is 0. The summed E-state index contributed by atoms with van der Waals surface area (Å²) >= 11 is 4.81. The Morgan fingerprint density at radius 1 is 1.50 bits per heavy atom. The maximum Gasteiger partial charge on any atom is 0.132 e. The molecule has 0 radical (unpaired) electrons. The molecule has 0 aromatic carbocycles. The van der Waals surface area contributed by atoms with Crippen LogP contribution in [0, 0.1) is 0 Å². The Morgan fingerprint density at radius 3 is 2.50 bits per heavy atom. The van der Waals surface area contributed by atoms with E-state index in [4.69, 9.17) is 0 Å². The second-order valence-electron chi connectivity index (χ2n) is 1.69. The Kier molecular flexibility index (Phi) is 2.88. The predicted molar refractivity (Wildman–Crippen MR) is 52.3 cm³/mol. The van der Waals surface area contributed by atoms with Crippen molar-refractivity contribution in [2.45, 2.75) is 8.48 Å². The topological polar surface area (TPSA) is 3.24 Å². The van der Waals surface area contributed by atoms with Crippen LogP contribution in [-0.2, 0) is 0 Å². The molecule has 1 rings (SSSR count). The molecule has 0 amide bonds. The van der Waals surface area contributed by atoms with E-state index >= 15 is 0 Å². The van der Waals surface area contributed by atoms with E-state index in [-0.39, 0.29) is 0 Å². The van der Waals surface area contributed by atoms with Crippen LogP contribution < -0.4 is 0 Å². The van der Waals surface area contributed by atoms with Gasteiger partial charge in [0.25, 0.3) is 0 Å². The molecule has 0 aromatic rings. The van der Waals surface area contributed by atoms with E-state index in [1.807, 2.05) is 0 Å². The van der Waals surface area contributed by atoms with Gasteiger partial charge in [-0.2, -0.15) is 0 Å². The average Bonchev–Trinajstić information content (AvgIpc) is 2.12. The minimum Gasteiger partial charge on any atom is -0.358 e. The van der Waals surface area contributed by atoms with Crippen LogP contribution in [0.25, 0.3) is 0 Å². The fraction of sp³-hybridized carbons (Fsp3) is 0.600. The lowest BCUT2D eigenvalue weighted by atomic mass is 10.5. The summed E-state index contributed by atoms with van der Waals surface area (Å²) in [6.45, 7) is 1.20. The van der Waals surface area contributed by atoms with Crippen molar-refractivity contribution in [2.75, 3.05) is 6.54 Å². The van der Waals surface area contributed by atoms with Gasteiger partial charge in [0, 0.05) is 6.54 Å². The van der Waals surface area contributed by atoms with Gasteiger partial charge in [-0.25, -0.2) is 0 Å². The second kappa shape index (κ2) is 3.24. The van der Waals surface area contributed by atoms with Crippen LogP contribution in [0.2, 0.25) is 0 Å². The molecule has 1 aliphatic rings. The molecule has 0 aliphatic carbocycles. The van der Waals surface area contributed by atoms with Crippen molar-refractivity contribution in [1.29, 1.82) is 0 Å². The number of nitrogens with zero attached hydrogens (tertiary/aromatic N) is 1. The Bertz CT molecular complexity index is 101. The van der Waals surface area contributed by atoms with E-state index in [1.54, 1.807) is 0 Å². The van der Waals surface area contributed by atoms with Crippen molar-refractivity contribution in [1.82, 2.24) is 4.90 Å². The van der Waals surface area contributed by atoms with E-state index in [9.17, 15) is 0 Å². The molecule has 0 saturated carbocycles. The van der Waals surface area contributed by atoms with Crippen molar-refractivity contribution in [3.8, 4) is 0 Å². The molecule has 1 heterocycles. The van der Waals surface area contributed by atoms with Crippen LogP contribution in [0.15, 0.2) is 12.3 Å². The van der Waals surface area contributed by atoms with Gasteiger partial charge in [-0.15, -0.1) is 0 Å². The van der Waals surface area contributed by atoms with Gasteiger partial charge >= 0.3 is 0 Å². The summed E-state index contributed by atoms with van der Waals surface area (Å²) in [5.74, 6) is 0. The summed E-state index contributed by atoms with van der Waals surface area (Å²) < 4.78 is 0.629. The number of halogens is 2. The summed E-state index contributed by atoms with van der Waals surface area (Å²) in [6.07, 6.45) is 5.61. The number of hydrogen-bond acceptors (Lipinski definition) is 1. The Hall–Kier alpha value is 1.000. The number of rotatable bonds is 1. The zero-order chi connectivity index (χ0) is 5.98. The van der Waals surface area contributed by atoms with Gasteiger partial charge in [-0.05, 0) is 57.8 Å². The SMILES string of the molecule is IC(I)N1C=CCC1. The van der Waals surface area contributed by atoms with Crippen LogP contribution in [-0.4, -0.2) is 13.5 Å². The highest BCUT2D eigenvalue weighted by molar-refractivity contribution is 14.2. The molecule has 0 fully saturated rings. The van der Waals surface area contributed by atoms with E-state index in [0.29, 0.717) is 2.06 Å². The summed E-state index contributed by atoms with van der Waals surface area (Å²) in [4.78, 5) is 2.32. The first-order chi connectivity index (χ1) is 3.80. The third-order valence-electron chi connectivity index (χ3n) is 1.10. The van der Waals surface area contributed by atoms with E-state index in [1.165, 1.54) is 13.0 Å². The molecule has 3 heteroatoms. The first-order valence-corrected chi connectivity index (χ1v) is 5.00. The molecule has 0 unspecified atom stereocenters. The normalized spacial score (nSPS) is 18.6. The second-order valence-corrected chi connectivity index (χ2v) is 6.43.